The molecule has 124 valence electrons. The number of thioether (sulfide) groups is 1. The number of nitrogens with zero attached hydrogens (tertiary/aromatic N) is 1. The lowest BCUT2D eigenvalue weighted by Gasteiger charge is -2.45. The molecular formula is C18H36N2S. The predicted molar refractivity (Wildman–Crippen MR) is 96.2 cm³/mol. The van der Waals surface area contributed by atoms with Crippen LogP contribution in [0.1, 0.15) is 60.3 Å². The van der Waals surface area contributed by atoms with E-state index in [9.17, 15) is 0 Å². The molecule has 0 aromatic rings. The van der Waals surface area contributed by atoms with Crippen LogP contribution in [-0.2, 0) is 0 Å². The molecule has 21 heavy (non-hydrogen) atoms. The summed E-state index contributed by atoms with van der Waals surface area (Å²) < 4.78 is 0. The molecule has 0 amide bonds. The highest BCUT2D eigenvalue weighted by molar-refractivity contribution is 7.99. The van der Waals surface area contributed by atoms with Crippen LogP contribution >= 0.6 is 11.8 Å². The Morgan fingerprint density at radius 2 is 1.86 bits per heavy atom. The van der Waals surface area contributed by atoms with Crippen LogP contribution in [-0.4, -0.2) is 47.6 Å². The van der Waals surface area contributed by atoms with Crippen molar-refractivity contribution in [2.24, 2.45) is 11.3 Å². The van der Waals surface area contributed by atoms with Crippen molar-refractivity contribution in [3.8, 4) is 0 Å². The maximum absolute atomic E-state index is 3.82. The van der Waals surface area contributed by atoms with Crippen LogP contribution in [0.25, 0.3) is 0 Å². The molecule has 2 rings (SSSR count). The van der Waals surface area contributed by atoms with E-state index in [2.05, 4.69) is 56.6 Å². The molecule has 2 nitrogen and oxygen atoms in total. The first-order chi connectivity index (χ1) is 9.78. The number of rotatable bonds is 4. The second kappa shape index (κ2) is 7.23. The first-order valence-electron chi connectivity index (χ1n) is 8.87. The highest BCUT2D eigenvalue weighted by Crippen LogP contribution is 2.40. The van der Waals surface area contributed by atoms with Crippen molar-refractivity contribution < 1.29 is 0 Å². The van der Waals surface area contributed by atoms with Gasteiger partial charge in [-0.25, -0.2) is 0 Å². The van der Waals surface area contributed by atoms with Gasteiger partial charge in [0, 0.05) is 42.7 Å². The maximum atomic E-state index is 3.82. The molecule has 0 radical (unpaired) electrons. The highest BCUT2D eigenvalue weighted by atomic mass is 32.2. The Hall–Kier alpha value is 0.270. The van der Waals surface area contributed by atoms with E-state index < -0.39 is 0 Å². The molecule has 1 atom stereocenters. The quantitative estimate of drug-likeness (QED) is 0.844. The standard InChI is InChI=1S/C18H36N2S/c1-15-6-8-18(9-7-15,13-19-17(3,4)5)14-20-10-11-21-16(2)12-20/h15-16,19H,6-14H2,1-5H3. The van der Waals surface area contributed by atoms with Gasteiger partial charge < -0.3 is 10.2 Å². The number of hydrogen-bond donors (Lipinski definition) is 1. The molecule has 2 aliphatic rings. The lowest BCUT2D eigenvalue weighted by Crippen LogP contribution is -2.52. The zero-order valence-electron chi connectivity index (χ0n) is 14.9. The molecule has 0 bridgehead atoms. The average molecular weight is 313 g/mol. The third-order valence-electron chi connectivity index (χ3n) is 5.21. The van der Waals surface area contributed by atoms with Crippen LogP contribution in [0.2, 0.25) is 0 Å². The Morgan fingerprint density at radius 1 is 1.19 bits per heavy atom. The van der Waals surface area contributed by atoms with Gasteiger partial charge in [-0.2, -0.15) is 11.8 Å². The van der Waals surface area contributed by atoms with Crippen LogP contribution in [0.4, 0.5) is 0 Å². The lowest BCUT2D eigenvalue weighted by molar-refractivity contribution is 0.0818. The van der Waals surface area contributed by atoms with Gasteiger partial charge >= 0.3 is 0 Å². The van der Waals surface area contributed by atoms with Crippen molar-refractivity contribution in [2.75, 3.05) is 31.9 Å². The van der Waals surface area contributed by atoms with Crippen molar-refractivity contribution in [1.82, 2.24) is 10.2 Å². The van der Waals surface area contributed by atoms with Gasteiger partial charge in [-0.15, -0.1) is 0 Å². The number of nitrogens with one attached hydrogen (secondary N) is 1. The second-order valence-corrected chi connectivity index (χ2v) is 10.2. The summed E-state index contributed by atoms with van der Waals surface area (Å²) >= 11 is 2.14. The third kappa shape index (κ3) is 5.76. The van der Waals surface area contributed by atoms with Crippen LogP contribution in [0, 0.1) is 11.3 Å². The van der Waals surface area contributed by atoms with Crippen molar-refractivity contribution in [1.29, 1.82) is 0 Å². The molecule has 0 aromatic heterocycles. The van der Waals surface area contributed by atoms with Crippen LogP contribution in [0.15, 0.2) is 0 Å². The summed E-state index contributed by atoms with van der Waals surface area (Å²) in [5, 5.41) is 4.63. The van der Waals surface area contributed by atoms with E-state index in [1.54, 1.807) is 0 Å². The fraction of sp³-hybridized carbons (Fsp3) is 1.00. The summed E-state index contributed by atoms with van der Waals surface area (Å²) in [6.45, 7) is 16.8. The minimum absolute atomic E-state index is 0.237. The van der Waals surface area contributed by atoms with E-state index in [0.29, 0.717) is 5.41 Å². The first-order valence-corrected chi connectivity index (χ1v) is 9.92. The Balaban J connectivity index is 1.97. The SMILES string of the molecule is CC1CCC(CNC(C)(C)C)(CN2CCSC(C)C2)CC1. The van der Waals surface area contributed by atoms with Crippen molar-refractivity contribution in [2.45, 2.75) is 71.1 Å². The van der Waals surface area contributed by atoms with Crippen LogP contribution in [0.5, 0.6) is 0 Å². The Morgan fingerprint density at radius 3 is 2.43 bits per heavy atom. The molecule has 1 saturated carbocycles. The molecule has 2 fully saturated rings. The molecule has 1 saturated heterocycles. The predicted octanol–water partition coefficient (Wildman–Crippen LogP) is 4.01. The molecule has 1 N–H and O–H groups in total. The van der Waals surface area contributed by atoms with Gasteiger partial charge in [0.25, 0.3) is 0 Å². The van der Waals surface area contributed by atoms with Gasteiger partial charge in [-0.3, -0.25) is 0 Å². The third-order valence-corrected chi connectivity index (χ3v) is 6.35. The average Bonchev–Trinajstić information content (AvgIpc) is 2.39. The van der Waals surface area contributed by atoms with Crippen molar-refractivity contribution in [3.63, 3.8) is 0 Å². The monoisotopic (exact) mass is 312 g/mol. The summed E-state index contributed by atoms with van der Waals surface area (Å²) in [5.74, 6) is 2.25. The second-order valence-electron chi connectivity index (χ2n) is 8.70. The first kappa shape index (κ1) is 17.6. The van der Waals surface area contributed by atoms with Crippen LogP contribution < -0.4 is 5.32 Å². The molecule has 1 heterocycles. The van der Waals surface area contributed by atoms with Gasteiger partial charge in [0.15, 0.2) is 0 Å². The zero-order valence-corrected chi connectivity index (χ0v) is 15.7. The van der Waals surface area contributed by atoms with Crippen LogP contribution in [0.3, 0.4) is 0 Å². The van der Waals surface area contributed by atoms with E-state index in [0.717, 1.165) is 11.2 Å². The fourth-order valence-electron chi connectivity index (χ4n) is 3.73. The maximum Gasteiger partial charge on any atom is 0.0147 e. The molecule has 1 aliphatic carbocycles. The summed E-state index contributed by atoms with van der Waals surface area (Å²) in [5.41, 5.74) is 0.753. The summed E-state index contributed by atoms with van der Waals surface area (Å²) in [6.07, 6.45) is 5.67. The van der Waals surface area contributed by atoms with E-state index in [-0.39, 0.29) is 5.54 Å². The molecule has 0 spiro atoms. The number of hydrogen-bond acceptors (Lipinski definition) is 3. The van der Waals surface area contributed by atoms with Gasteiger partial charge in [0.1, 0.15) is 0 Å². The van der Waals surface area contributed by atoms with Crippen molar-refractivity contribution >= 4 is 11.8 Å². The Bertz CT molecular complexity index is 316. The highest BCUT2D eigenvalue weighted by Gasteiger charge is 2.37. The minimum Gasteiger partial charge on any atom is -0.311 e. The van der Waals surface area contributed by atoms with E-state index in [1.807, 2.05) is 0 Å². The Kier molecular flexibility index (Phi) is 6.07. The van der Waals surface area contributed by atoms with Gasteiger partial charge in [-0.05, 0) is 44.9 Å². The van der Waals surface area contributed by atoms with Crippen molar-refractivity contribution in [3.05, 3.63) is 0 Å². The topological polar surface area (TPSA) is 15.3 Å². The van der Waals surface area contributed by atoms with E-state index >= 15 is 0 Å². The Labute approximate surface area is 136 Å². The lowest BCUT2D eigenvalue weighted by atomic mass is 9.70. The zero-order chi connectivity index (χ0) is 15.5. The van der Waals surface area contributed by atoms with Gasteiger partial charge in [0.05, 0.1) is 0 Å². The largest absolute Gasteiger partial charge is 0.311 e. The summed E-state index contributed by atoms with van der Waals surface area (Å²) in [6, 6.07) is 0. The summed E-state index contributed by atoms with van der Waals surface area (Å²) in [7, 11) is 0. The minimum atomic E-state index is 0.237. The smallest absolute Gasteiger partial charge is 0.0147 e. The van der Waals surface area contributed by atoms with E-state index in [1.165, 1.54) is 57.6 Å². The summed E-state index contributed by atoms with van der Waals surface area (Å²) in [4.78, 5) is 2.75. The fourth-order valence-corrected chi connectivity index (χ4v) is 4.81. The molecule has 1 aliphatic heterocycles. The van der Waals surface area contributed by atoms with Gasteiger partial charge in [0.2, 0.25) is 0 Å². The van der Waals surface area contributed by atoms with Gasteiger partial charge in [-0.1, -0.05) is 26.7 Å². The van der Waals surface area contributed by atoms with E-state index in [4.69, 9.17) is 0 Å². The molecule has 3 heteroatoms. The molecular weight excluding hydrogens is 276 g/mol. The normalized spacial score (nSPS) is 35.9. The molecule has 1 unspecified atom stereocenters. The molecule has 0 aromatic carbocycles.